The Morgan fingerprint density at radius 2 is 1.88 bits per heavy atom. The highest BCUT2D eigenvalue weighted by Crippen LogP contribution is 2.39. The molecule has 2 aliphatic heterocycles. The van der Waals surface area contributed by atoms with Gasteiger partial charge in [0.2, 0.25) is 0 Å². The molecule has 2 atom stereocenters. The summed E-state index contributed by atoms with van der Waals surface area (Å²) in [7, 11) is 0. The van der Waals surface area contributed by atoms with Gasteiger partial charge in [-0.3, -0.25) is 9.59 Å². The Labute approximate surface area is 186 Å². The Bertz CT molecular complexity index is 1180. The second-order valence-corrected chi connectivity index (χ2v) is 8.73. The molecule has 2 unspecified atom stereocenters. The molecule has 0 radical (unpaired) electrons. The predicted octanol–water partition coefficient (Wildman–Crippen LogP) is 3.61. The first-order chi connectivity index (χ1) is 15.4. The van der Waals surface area contributed by atoms with Crippen LogP contribution in [-0.2, 0) is 0 Å². The maximum Gasteiger partial charge on any atom is 0.273 e. The van der Waals surface area contributed by atoms with Crippen molar-refractivity contribution in [1.29, 1.82) is 0 Å². The summed E-state index contributed by atoms with van der Waals surface area (Å²) < 4.78 is 6.96. The molecule has 0 aliphatic carbocycles. The highest BCUT2D eigenvalue weighted by atomic mass is 16.5. The summed E-state index contributed by atoms with van der Waals surface area (Å²) in [5.74, 6) is 0.439. The molecule has 2 amide bonds. The lowest BCUT2D eigenvalue weighted by Gasteiger charge is -2.39. The van der Waals surface area contributed by atoms with Crippen molar-refractivity contribution in [2.75, 3.05) is 13.1 Å². The van der Waals surface area contributed by atoms with Crippen LogP contribution in [0.25, 0.3) is 5.69 Å². The second-order valence-electron chi connectivity index (χ2n) is 8.73. The molecule has 4 heterocycles. The lowest BCUT2D eigenvalue weighted by molar-refractivity contribution is 0.0417. The van der Waals surface area contributed by atoms with Gasteiger partial charge in [0, 0.05) is 18.7 Å². The summed E-state index contributed by atoms with van der Waals surface area (Å²) in [5, 5.41) is 8.59. The summed E-state index contributed by atoms with van der Waals surface area (Å²) in [6.07, 6.45) is 1.71. The molecular formula is C24H27N5O3. The summed E-state index contributed by atoms with van der Waals surface area (Å²) in [5.41, 5.74) is 4.49. The molecule has 3 aromatic rings. The number of amides is 2. The number of aromatic nitrogens is 3. The minimum absolute atomic E-state index is 0.0198. The van der Waals surface area contributed by atoms with Gasteiger partial charge in [-0.15, -0.1) is 0 Å². The highest BCUT2D eigenvalue weighted by molar-refractivity contribution is 5.99. The van der Waals surface area contributed by atoms with Gasteiger partial charge in [-0.25, -0.2) is 4.68 Å². The zero-order chi connectivity index (χ0) is 22.6. The van der Waals surface area contributed by atoms with Crippen LogP contribution >= 0.6 is 0 Å². The fourth-order valence-electron chi connectivity index (χ4n) is 5.23. The van der Waals surface area contributed by atoms with Crippen LogP contribution in [0.5, 0.6) is 0 Å². The smallest absolute Gasteiger partial charge is 0.273 e. The van der Waals surface area contributed by atoms with E-state index in [1.807, 2.05) is 47.1 Å². The number of hydrogen-bond acceptors (Lipinski definition) is 5. The predicted molar refractivity (Wildman–Crippen MR) is 118 cm³/mol. The van der Waals surface area contributed by atoms with Gasteiger partial charge in [-0.05, 0) is 52.7 Å². The van der Waals surface area contributed by atoms with E-state index in [0.717, 1.165) is 29.8 Å². The molecular weight excluding hydrogens is 406 g/mol. The Morgan fingerprint density at radius 1 is 1.12 bits per heavy atom. The molecule has 0 bridgehead atoms. The van der Waals surface area contributed by atoms with Crippen LogP contribution in [0.15, 0.2) is 34.9 Å². The molecule has 166 valence electrons. The van der Waals surface area contributed by atoms with Gasteiger partial charge in [0.05, 0.1) is 29.2 Å². The Morgan fingerprint density at radius 3 is 2.56 bits per heavy atom. The number of carbonyl (C=O) groups is 2. The molecule has 8 heteroatoms. The van der Waals surface area contributed by atoms with Crippen molar-refractivity contribution in [1.82, 2.24) is 24.7 Å². The molecule has 5 rings (SSSR count). The first-order valence-corrected chi connectivity index (χ1v) is 11.1. The van der Waals surface area contributed by atoms with Gasteiger partial charge in [-0.1, -0.05) is 23.4 Å². The van der Waals surface area contributed by atoms with Crippen molar-refractivity contribution in [3.8, 4) is 5.69 Å². The second kappa shape index (κ2) is 7.62. The molecule has 1 aromatic carbocycles. The largest absolute Gasteiger partial charge is 0.361 e. The SMILES string of the molecule is Cc1noc(C)c1C(=O)N1CCCC(N2C(=O)c3c(c(C)nn3-c3ccccc3)C2C)C1. The van der Waals surface area contributed by atoms with Crippen LogP contribution in [0.3, 0.4) is 0 Å². The van der Waals surface area contributed by atoms with E-state index in [1.54, 1.807) is 18.5 Å². The van der Waals surface area contributed by atoms with E-state index in [1.165, 1.54) is 0 Å². The lowest BCUT2D eigenvalue weighted by atomic mass is 10.0. The van der Waals surface area contributed by atoms with E-state index in [0.29, 0.717) is 35.8 Å². The van der Waals surface area contributed by atoms with Crippen LogP contribution in [-0.4, -0.2) is 55.7 Å². The number of aryl methyl sites for hydroxylation is 3. The Balaban J connectivity index is 1.44. The highest BCUT2D eigenvalue weighted by Gasteiger charge is 2.44. The molecule has 8 nitrogen and oxygen atoms in total. The first-order valence-electron chi connectivity index (χ1n) is 11.1. The van der Waals surface area contributed by atoms with Crippen LogP contribution in [0.1, 0.15) is 69.4 Å². The monoisotopic (exact) mass is 433 g/mol. The van der Waals surface area contributed by atoms with Crippen LogP contribution in [0.2, 0.25) is 0 Å². The standard InChI is InChI=1S/C24H27N5O3/c1-14-20-16(3)28(24(31)22(20)29(25-14)18-9-6-5-7-10-18)19-11-8-12-27(13-19)23(30)21-15(2)26-32-17(21)4/h5-7,9-10,16,19H,8,11-13H2,1-4H3. The number of carbonyl (C=O) groups excluding carboxylic acids is 2. The zero-order valence-corrected chi connectivity index (χ0v) is 18.8. The maximum absolute atomic E-state index is 13.7. The van der Waals surface area contributed by atoms with Gasteiger partial charge in [0.1, 0.15) is 17.0 Å². The minimum atomic E-state index is -0.0888. The van der Waals surface area contributed by atoms with E-state index in [9.17, 15) is 9.59 Å². The number of fused-ring (bicyclic) bond motifs is 1. The molecule has 1 fully saturated rings. The van der Waals surface area contributed by atoms with E-state index < -0.39 is 0 Å². The number of piperidine rings is 1. The van der Waals surface area contributed by atoms with E-state index in [2.05, 4.69) is 17.2 Å². The van der Waals surface area contributed by atoms with Gasteiger partial charge in [0.25, 0.3) is 11.8 Å². The molecule has 32 heavy (non-hydrogen) atoms. The summed E-state index contributed by atoms with van der Waals surface area (Å²) in [6.45, 7) is 8.73. The summed E-state index contributed by atoms with van der Waals surface area (Å²) in [6, 6.07) is 9.61. The number of rotatable bonds is 3. The number of likely N-dealkylation sites (tertiary alicyclic amines) is 1. The van der Waals surface area contributed by atoms with E-state index in [4.69, 9.17) is 4.52 Å². The zero-order valence-electron chi connectivity index (χ0n) is 18.8. The molecule has 0 saturated carbocycles. The molecule has 1 saturated heterocycles. The third kappa shape index (κ3) is 3.04. The third-order valence-corrected chi connectivity index (χ3v) is 6.70. The summed E-state index contributed by atoms with van der Waals surface area (Å²) in [4.78, 5) is 30.6. The normalized spacial score (nSPS) is 20.7. The van der Waals surface area contributed by atoms with Gasteiger partial charge in [0.15, 0.2) is 0 Å². The van der Waals surface area contributed by atoms with Crippen molar-refractivity contribution in [2.24, 2.45) is 0 Å². The van der Waals surface area contributed by atoms with Crippen molar-refractivity contribution in [3.63, 3.8) is 0 Å². The number of benzene rings is 1. The molecule has 0 N–H and O–H groups in total. The average molecular weight is 434 g/mol. The Hall–Kier alpha value is -3.42. The molecule has 2 aliphatic rings. The van der Waals surface area contributed by atoms with Crippen molar-refractivity contribution in [2.45, 2.75) is 52.6 Å². The molecule has 2 aromatic heterocycles. The minimum Gasteiger partial charge on any atom is -0.361 e. The molecule has 0 spiro atoms. The first kappa shape index (κ1) is 20.5. The quantitative estimate of drug-likeness (QED) is 0.630. The average Bonchev–Trinajstić information content (AvgIpc) is 3.41. The van der Waals surface area contributed by atoms with E-state index >= 15 is 0 Å². The summed E-state index contributed by atoms with van der Waals surface area (Å²) >= 11 is 0. The van der Waals surface area contributed by atoms with Gasteiger partial charge < -0.3 is 14.3 Å². The van der Waals surface area contributed by atoms with Crippen molar-refractivity contribution < 1.29 is 14.1 Å². The van der Waals surface area contributed by atoms with Crippen molar-refractivity contribution >= 4 is 11.8 Å². The number of nitrogens with zero attached hydrogens (tertiary/aromatic N) is 5. The number of para-hydroxylation sites is 1. The topological polar surface area (TPSA) is 84.5 Å². The lowest BCUT2D eigenvalue weighted by Crippen LogP contribution is -2.51. The van der Waals surface area contributed by atoms with Gasteiger partial charge in [-0.2, -0.15) is 5.10 Å². The number of hydrogen-bond donors (Lipinski definition) is 0. The fourth-order valence-corrected chi connectivity index (χ4v) is 5.23. The van der Waals surface area contributed by atoms with Crippen molar-refractivity contribution in [3.05, 3.63) is 64.3 Å². The van der Waals surface area contributed by atoms with E-state index in [-0.39, 0.29) is 23.9 Å². The van der Waals surface area contributed by atoms with Gasteiger partial charge >= 0.3 is 0 Å². The fraction of sp³-hybridized carbons (Fsp3) is 0.417. The Kier molecular flexibility index (Phi) is 4.87. The maximum atomic E-state index is 13.7. The van der Waals surface area contributed by atoms with Crippen LogP contribution in [0, 0.1) is 20.8 Å². The third-order valence-electron chi connectivity index (χ3n) is 6.70. The van der Waals surface area contributed by atoms with Crippen LogP contribution < -0.4 is 0 Å². The van der Waals surface area contributed by atoms with Crippen LogP contribution in [0.4, 0.5) is 0 Å².